The molecule has 0 bridgehead atoms. The molecule has 0 N–H and O–H groups in total. The molecule has 0 aromatic heterocycles. The summed E-state index contributed by atoms with van der Waals surface area (Å²) in [7, 11) is 0. The lowest BCUT2D eigenvalue weighted by atomic mass is 10.1. The van der Waals surface area contributed by atoms with E-state index >= 15 is 0 Å². The molecule has 2 heterocycles. The Morgan fingerprint density at radius 2 is 1.72 bits per heavy atom. The summed E-state index contributed by atoms with van der Waals surface area (Å²) in [6.07, 6.45) is 4.32. The maximum Gasteiger partial charge on any atom is 0.267 e. The number of nitrogens with zero attached hydrogens (tertiary/aromatic N) is 2. The number of thiocarbonyl (C=S) groups is 1. The fourth-order valence-corrected chi connectivity index (χ4v) is 5.69. The Balaban J connectivity index is 1.66. The molecule has 0 spiro atoms. The van der Waals surface area contributed by atoms with Gasteiger partial charge >= 0.3 is 0 Å². The summed E-state index contributed by atoms with van der Waals surface area (Å²) in [4.78, 5) is 30.8. The van der Waals surface area contributed by atoms with Crippen LogP contribution in [0.1, 0.15) is 49.3 Å². The maximum absolute atomic E-state index is 13.5. The first-order chi connectivity index (χ1) is 15.4. The zero-order valence-corrected chi connectivity index (χ0v) is 21.4. The number of hydrogen-bond acceptors (Lipinski definition) is 4. The van der Waals surface area contributed by atoms with Gasteiger partial charge in [0.05, 0.1) is 22.7 Å². The Hall–Kier alpha value is -1.96. The van der Waals surface area contributed by atoms with Crippen molar-refractivity contribution in [1.29, 1.82) is 0 Å². The molecule has 2 amide bonds. The molecule has 1 fully saturated rings. The van der Waals surface area contributed by atoms with Crippen LogP contribution in [-0.4, -0.2) is 27.6 Å². The number of unbranched alkanes of at least 4 members (excludes halogenated alkanes) is 3. The van der Waals surface area contributed by atoms with Gasteiger partial charge in [-0.1, -0.05) is 95.9 Å². The number of thioether (sulfide) groups is 1. The second-order valence-corrected chi connectivity index (χ2v) is 10.7. The Morgan fingerprint density at radius 1 is 0.969 bits per heavy atom. The van der Waals surface area contributed by atoms with E-state index in [0.29, 0.717) is 27.9 Å². The van der Waals surface area contributed by atoms with E-state index in [1.165, 1.54) is 17.3 Å². The van der Waals surface area contributed by atoms with Gasteiger partial charge in [-0.3, -0.25) is 14.5 Å². The minimum absolute atomic E-state index is 0.106. The average Bonchev–Trinajstić information content (AvgIpc) is 3.19. The largest absolute Gasteiger partial charge is 0.308 e. The predicted molar refractivity (Wildman–Crippen MR) is 139 cm³/mol. The number of carbonyl (C=O) groups excluding carboxylic acids is 2. The third-order valence-electron chi connectivity index (χ3n) is 5.75. The second-order valence-electron chi connectivity index (χ2n) is 8.13. The monoisotopic (exact) mass is 528 g/mol. The van der Waals surface area contributed by atoms with Crippen LogP contribution in [0.5, 0.6) is 0 Å². The summed E-state index contributed by atoms with van der Waals surface area (Å²) in [5.41, 5.74) is 4.32. The van der Waals surface area contributed by atoms with Crippen LogP contribution in [0.25, 0.3) is 5.57 Å². The summed E-state index contributed by atoms with van der Waals surface area (Å²) in [6.45, 7) is 5.26. The smallest absolute Gasteiger partial charge is 0.267 e. The molecule has 1 saturated heterocycles. The lowest BCUT2D eigenvalue weighted by Crippen LogP contribution is -2.29. The number of rotatable bonds is 7. The first-order valence-electron chi connectivity index (χ1n) is 10.9. The van der Waals surface area contributed by atoms with Crippen molar-refractivity contribution >= 4 is 67.3 Å². The van der Waals surface area contributed by atoms with Gasteiger partial charge < -0.3 is 4.90 Å². The van der Waals surface area contributed by atoms with Crippen LogP contribution in [0.15, 0.2) is 51.8 Å². The molecule has 7 heteroatoms. The van der Waals surface area contributed by atoms with Crippen molar-refractivity contribution in [3.63, 3.8) is 0 Å². The lowest BCUT2D eigenvalue weighted by Gasteiger charge is -2.17. The first-order valence-corrected chi connectivity index (χ1v) is 12.9. The Bertz CT molecular complexity index is 1110. The molecule has 0 saturated carbocycles. The summed E-state index contributed by atoms with van der Waals surface area (Å²) in [6, 6.07) is 13.9. The SMILES string of the molecule is CCCCCCN1C(=O)C(=C2SC(=S)N(Cc3ccc(C)cc3)C2=O)c2cc(Br)ccc21. The molecule has 0 aliphatic carbocycles. The van der Waals surface area contributed by atoms with Gasteiger partial charge in [-0.15, -0.1) is 0 Å². The highest BCUT2D eigenvalue weighted by molar-refractivity contribution is 9.10. The molecule has 32 heavy (non-hydrogen) atoms. The summed E-state index contributed by atoms with van der Waals surface area (Å²) in [5.74, 6) is -0.298. The van der Waals surface area contributed by atoms with Crippen LogP contribution in [0, 0.1) is 6.92 Å². The van der Waals surface area contributed by atoms with Crippen LogP contribution in [-0.2, 0) is 16.1 Å². The molecule has 2 aromatic rings. The van der Waals surface area contributed by atoms with Crippen LogP contribution in [0.4, 0.5) is 5.69 Å². The molecule has 166 valence electrons. The number of anilines is 1. The summed E-state index contributed by atoms with van der Waals surface area (Å²) < 4.78 is 1.37. The van der Waals surface area contributed by atoms with Gasteiger partial charge in [0.25, 0.3) is 11.8 Å². The van der Waals surface area contributed by atoms with Crippen LogP contribution in [0.3, 0.4) is 0 Å². The fourth-order valence-electron chi connectivity index (χ4n) is 4.00. The van der Waals surface area contributed by atoms with E-state index in [1.807, 2.05) is 54.3 Å². The molecule has 2 aliphatic heterocycles. The van der Waals surface area contributed by atoms with Crippen LogP contribution < -0.4 is 4.90 Å². The number of carbonyl (C=O) groups is 2. The van der Waals surface area contributed by atoms with Crippen molar-refractivity contribution in [1.82, 2.24) is 4.90 Å². The number of fused-ring (bicyclic) bond motifs is 1. The number of amides is 2. The third-order valence-corrected chi connectivity index (χ3v) is 7.69. The van der Waals surface area contributed by atoms with Crippen molar-refractivity contribution in [2.24, 2.45) is 0 Å². The molecule has 2 aromatic carbocycles. The van der Waals surface area contributed by atoms with E-state index in [9.17, 15) is 9.59 Å². The molecule has 2 aliphatic rings. The number of aryl methyl sites for hydroxylation is 1. The normalized spacial score (nSPS) is 18.2. The molecule has 0 radical (unpaired) electrons. The Labute approximate surface area is 207 Å². The highest BCUT2D eigenvalue weighted by Crippen LogP contribution is 2.45. The molecule has 0 atom stereocenters. The van der Waals surface area contributed by atoms with Gasteiger partial charge in [-0.05, 0) is 37.1 Å². The lowest BCUT2D eigenvalue weighted by molar-refractivity contribution is -0.122. The molecule has 4 nitrogen and oxygen atoms in total. The van der Waals surface area contributed by atoms with Gasteiger partial charge in [-0.25, -0.2) is 0 Å². The van der Waals surface area contributed by atoms with E-state index in [1.54, 1.807) is 4.90 Å². The molecule has 4 rings (SSSR count). The standard InChI is InChI=1S/C25H25BrN2O2S2/c1-3-4-5-6-13-27-20-12-11-18(26)14-19(20)21(23(27)29)22-24(30)28(25(31)32-22)15-17-9-7-16(2)8-10-17/h7-12,14H,3-6,13,15H2,1-2H3. The van der Waals surface area contributed by atoms with Gasteiger partial charge in [0.1, 0.15) is 4.32 Å². The highest BCUT2D eigenvalue weighted by atomic mass is 79.9. The molecular weight excluding hydrogens is 504 g/mol. The third kappa shape index (κ3) is 4.56. The van der Waals surface area contributed by atoms with Gasteiger partial charge in [-0.2, -0.15) is 0 Å². The predicted octanol–water partition coefficient (Wildman–Crippen LogP) is 6.46. The van der Waals surface area contributed by atoms with E-state index in [-0.39, 0.29) is 11.8 Å². The second kappa shape index (κ2) is 9.89. The van der Waals surface area contributed by atoms with Gasteiger partial charge in [0.15, 0.2) is 0 Å². The minimum atomic E-state index is -0.192. The van der Waals surface area contributed by atoms with Crippen molar-refractivity contribution in [2.75, 3.05) is 11.4 Å². The van der Waals surface area contributed by atoms with Crippen molar-refractivity contribution in [3.8, 4) is 0 Å². The first kappa shape index (κ1) is 23.2. The van der Waals surface area contributed by atoms with E-state index < -0.39 is 0 Å². The zero-order chi connectivity index (χ0) is 22.8. The summed E-state index contributed by atoms with van der Waals surface area (Å²) >= 11 is 10.3. The van der Waals surface area contributed by atoms with Crippen LogP contribution in [0.2, 0.25) is 0 Å². The number of halogens is 1. The fraction of sp³-hybridized carbons (Fsp3) is 0.320. The van der Waals surface area contributed by atoms with Crippen molar-refractivity contribution in [2.45, 2.75) is 46.1 Å². The highest BCUT2D eigenvalue weighted by Gasteiger charge is 2.41. The Morgan fingerprint density at radius 3 is 2.44 bits per heavy atom. The zero-order valence-electron chi connectivity index (χ0n) is 18.2. The Kier molecular flexibility index (Phi) is 7.17. The number of hydrogen-bond donors (Lipinski definition) is 0. The molecule has 0 unspecified atom stereocenters. The number of benzene rings is 2. The van der Waals surface area contributed by atoms with Crippen molar-refractivity contribution in [3.05, 3.63) is 68.5 Å². The topological polar surface area (TPSA) is 40.6 Å². The van der Waals surface area contributed by atoms with Crippen LogP contribution >= 0.6 is 39.9 Å². The van der Waals surface area contributed by atoms with Crippen molar-refractivity contribution < 1.29 is 9.59 Å². The van der Waals surface area contributed by atoms with Gasteiger partial charge in [0.2, 0.25) is 0 Å². The minimum Gasteiger partial charge on any atom is -0.308 e. The van der Waals surface area contributed by atoms with E-state index in [2.05, 4.69) is 22.9 Å². The van der Waals surface area contributed by atoms with Gasteiger partial charge in [0, 0.05) is 16.6 Å². The maximum atomic E-state index is 13.5. The molecular formula is C25H25BrN2O2S2. The quantitative estimate of drug-likeness (QED) is 0.235. The van der Waals surface area contributed by atoms with E-state index in [0.717, 1.165) is 47.0 Å². The average molecular weight is 530 g/mol. The van der Waals surface area contributed by atoms with E-state index in [4.69, 9.17) is 12.2 Å². The summed E-state index contributed by atoms with van der Waals surface area (Å²) in [5, 5.41) is 0.